The van der Waals surface area contributed by atoms with Gasteiger partial charge in [-0.15, -0.1) is 0 Å². The quantitative estimate of drug-likeness (QED) is 0.758. The van der Waals surface area contributed by atoms with Gasteiger partial charge in [-0.05, 0) is 43.2 Å². The summed E-state index contributed by atoms with van der Waals surface area (Å²) in [4.78, 5) is 6.44. The van der Waals surface area contributed by atoms with Gasteiger partial charge >= 0.3 is 0 Å². The number of aromatic nitrogens is 1. The molecule has 3 heteroatoms. The van der Waals surface area contributed by atoms with E-state index in [1.54, 1.807) is 6.20 Å². The summed E-state index contributed by atoms with van der Waals surface area (Å²) in [5, 5.41) is 8.90. The lowest BCUT2D eigenvalue weighted by atomic mass is 9.77. The Balaban J connectivity index is 1.70. The van der Waals surface area contributed by atoms with Crippen LogP contribution in [0.1, 0.15) is 44.2 Å². The molecule has 0 unspecified atom stereocenters. The highest BCUT2D eigenvalue weighted by Crippen LogP contribution is 2.46. The van der Waals surface area contributed by atoms with Gasteiger partial charge in [0.05, 0.1) is 0 Å². The molecule has 0 bridgehead atoms. The fraction of sp³-hybridized carbons (Fsp3) is 0.600. The molecule has 1 saturated carbocycles. The van der Waals surface area contributed by atoms with Crippen molar-refractivity contribution in [3.8, 4) is 6.07 Å². The fourth-order valence-electron chi connectivity index (χ4n) is 3.54. The molecular formula is C15H19N3. The van der Waals surface area contributed by atoms with Crippen LogP contribution in [-0.4, -0.2) is 18.1 Å². The summed E-state index contributed by atoms with van der Waals surface area (Å²) in [7, 11) is 0. The summed E-state index contributed by atoms with van der Waals surface area (Å²) >= 11 is 0. The van der Waals surface area contributed by atoms with E-state index in [2.05, 4.69) is 16.0 Å². The molecule has 1 aromatic rings. The van der Waals surface area contributed by atoms with Gasteiger partial charge in [0.15, 0.2) is 0 Å². The lowest BCUT2D eigenvalue weighted by Crippen LogP contribution is -2.38. The lowest BCUT2D eigenvalue weighted by molar-refractivity contribution is 0.226. The second kappa shape index (κ2) is 4.61. The van der Waals surface area contributed by atoms with Crippen molar-refractivity contribution in [2.24, 2.45) is 5.41 Å². The molecule has 1 aliphatic carbocycles. The molecule has 2 heterocycles. The van der Waals surface area contributed by atoms with Crippen molar-refractivity contribution >= 4 is 5.69 Å². The van der Waals surface area contributed by atoms with Crippen LogP contribution in [0.5, 0.6) is 0 Å². The van der Waals surface area contributed by atoms with Gasteiger partial charge in [-0.3, -0.25) is 0 Å². The van der Waals surface area contributed by atoms with Crippen LogP contribution >= 0.6 is 0 Å². The molecule has 1 aliphatic heterocycles. The maximum Gasteiger partial charge on any atom is 0.142 e. The molecule has 0 N–H and O–H groups in total. The Hall–Kier alpha value is -1.56. The zero-order valence-electron chi connectivity index (χ0n) is 10.7. The first kappa shape index (κ1) is 11.5. The lowest BCUT2D eigenvalue weighted by Gasteiger charge is -2.40. The standard InChI is InChI=1S/C15H19N3/c16-12-13-11-14(3-8-17-13)18-9-6-15(7-10-18)4-1-2-5-15/h3,8,11H,1-2,4-7,9-10H2. The number of pyridine rings is 1. The molecule has 1 saturated heterocycles. The highest BCUT2D eigenvalue weighted by molar-refractivity contribution is 5.49. The third-order valence-electron chi connectivity index (χ3n) is 4.71. The summed E-state index contributed by atoms with van der Waals surface area (Å²) in [5.74, 6) is 0. The maximum absolute atomic E-state index is 8.90. The SMILES string of the molecule is N#Cc1cc(N2CCC3(CCCC3)CC2)ccn1. The topological polar surface area (TPSA) is 39.9 Å². The summed E-state index contributed by atoms with van der Waals surface area (Å²) in [5.41, 5.74) is 2.34. The van der Waals surface area contributed by atoms with Crippen LogP contribution < -0.4 is 4.90 Å². The molecule has 2 fully saturated rings. The Kier molecular flexibility index (Phi) is 2.95. The Bertz CT molecular complexity index is 459. The average Bonchev–Trinajstić information content (AvgIpc) is 2.88. The van der Waals surface area contributed by atoms with Crippen molar-refractivity contribution in [1.82, 2.24) is 4.98 Å². The van der Waals surface area contributed by atoms with Gasteiger partial charge in [-0.1, -0.05) is 12.8 Å². The molecule has 3 nitrogen and oxygen atoms in total. The number of anilines is 1. The van der Waals surface area contributed by atoms with Gasteiger partial charge in [0.2, 0.25) is 0 Å². The van der Waals surface area contributed by atoms with Crippen molar-refractivity contribution in [3.05, 3.63) is 24.0 Å². The first-order valence-corrected chi connectivity index (χ1v) is 6.93. The minimum Gasteiger partial charge on any atom is -0.371 e. The average molecular weight is 241 g/mol. The van der Waals surface area contributed by atoms with Crippen LogP contribution in [0, 0.1) is 16.7 Å². The van der Waals surface area contributed by atoms with E-state index in [1.807, 2.05) is 12.1 Å². The minimum atomic E-state index is 0.522. The number of nitriles is 1. The largest absolute Gasteiger partial charge is 0.371 e. The fourth-order valence-corrected chi connectivity index (χ4v) is 3.54. The molecule has 0 radical (unpaired) electrons. The van der Waals surface area contributed by atoms with Gasteiger partial charge in [0.1, 0.15) is 11.8 Å². The van der Waals surface area contributed by atoms with Crippen LogP contribution in [0.4, 0.5) is 5.69 Å². The Labute approximate surface area is 108 Å². The smallest absolute Gasteiger partial charge is 0.142 e. The zero-order valence-corrected chi connectivity index (χ0v) is 10.7. The van der Waals surface area contributed by atoms with Gasteiger partial charge < -0.3 is 4.90 Å². The van der Waals surface area contributed by atoms with Crippen molar-refractivity contribution in [3.63, 3.8) is 0 Å². The van der Waals surface area contributed by atoms with Crippen LogP contribution in [0.15, 0.2) is 18.3 Å². The highest BCUT2D eigenvalue weighted by Gasteiger charge is 2.36. The molecule has 3 rings (SSSR count). The van der Waals surface area contributed by atoms with Crippen LogP contribution in [0.2, 0.25) is 0 Å². The minimum absolute atomic E-state index is 0.522. The monoisotopic (exact) mass is 241 g/mol. The molecule has 0 aromatic carbocycles. The third-order valence-corrected chi connectivity index (χ3v) is 4.71. The molecule has 1 aromatic heterocycles. The summed E-state index contributed by atoms with van der Waals surface area (Å²) < 4.78 is 0. The van der Waals surface area contributed by atoms with Crippen LogP contribution in [0.25, 0.3) is 0 Å². The van der Waals surface area contributed by atoms with Crippen molar-refractivity contribution < 1.29 is 0 Å². The van der Waals surface area contributed by atoms with Gasteiger partial charge in [0.25, 0.3) is 0 Å². The number of hydrogen-bond donors (Lipinski definition) is 0. The molecule has 1 spiro atoms. The van der Waals surface area contributed by atoms with Gasteiger partial charge in [-0.25, -0.2) is 4.98 Å². The van der Waals surface area contributed by atoms with Gasteiger partial charge in [0, 0.05) is 25.0 Å². The second-order valence-corrected chi connectivity index (χ2v) is 5.71. The molecule has 94 valence electrons. The first-order chi connectivity index (χ1) is 8.81. The molecule has 2 aliphatic rings. The maximum atomic E-state index is 8.90. The number of rotatable bonds is 1. The van der Waals surface area contributed by atoms with E-state index in [1.165, 1.54) is 38.5 Å². The van der Waals surface area contributed by atoms with E-state index >= 15 is 0 Å². The summed E-state index contributed by atoms with van der Waals surface area (Å²) in [6.07, 6.45) is 10.1. The predicted octanol–water partition coefficient (Wildman–Crippen LogP) is 3.11. The van der Waals surface area contributed by atoms with E-state index in [4.69, 9.17) is 5.26 Å². The molecule has 0 amide bonds. The van der Waals surface area contributed by atoms with E-state index < -0.39 is 0 Å². The van der Waals surface area contributed by atoms with Crippen LogP contribution in [0.3, 0.4) is 0 Å². The Morgan fingerprint density at radius 3 is 2.56 bits per heavy atom. The van der Waals surface area contributed by atoms with Crippen molar-refractivity contribution in [1.29, 1.82) is 5.26 Å². The third kappa shape index (κ3) is 2.08. The summed E-state index contributed by atoms with van der Waals surface area (Å²) in [6, 6.07) is 6.05. The zero-order chi connectivity index (χ0) is 12.4. The number of piperidine rings is 1. The van der Waals surface area contributed by atoms with Crippen LogP contribution in [-0.2, 0) is 0 Å². The number of hydrogen-bond acceptors (Lipinski definition) is 3. The van der Waals surface area contributed by atoms with Crippen molar-refractivity contribution in [2.75, 3.05) is 18.0 Å². The number of nitrogens with zero attached hydrogens (tertiary/aromatic N) is 3. The highest BCUT2D eigenvalue weighted by atomic mass is 15.1. The Morgan fingerprint density at radius 1 is 1.17 bits per heavy atom. The van der Waals surface area contributed by atoms with Crippen molar-refractivity contribution in [2.45, 2.75) is 38.5 Å². The first-order valence-electron chi connectivity index (χ1n) is 6.93. The second-order valence-electron chi connectivity index (χ2n) is 5.71. The molecule has 0 atom stereocenters. The summed E-state index contributed by atoms with van der Waals surface area (Å²) in [6.45, 7) is 2.27. The van der Waals surface area contributed by atoms with Gasteiger partial charge in [-0.2, -0.15) is 5.26 Å². The van der Waals surface area contributed by atoms with E-state index in [9.17, 15) is 0 Å². The normalized spacial score (nSPS) is 22.1. The molecular weight excluding hydrogens is 222 g/mol. The molecule has 18 heavy (non-hydrogen) atoms. The van der Waals surface area contributed by atoms with E-state index in [0.29, 0.717) is 11.1 Å². The van der Waals surface area contributed by atoms with E-state index in [-0.39, 0.29) is 0 Å². The Morgan fingerprint density at radius 2 is 1.89 bits per heavy atom. The predicted molar refractivity (Wildman–Crippen MR) is 71.3 cm³/mol. The van der Waals surface area contributed by atoms with E-state index in [0.717, 1.165) is 18.8 Å².